The minimum absolute atomic E-state index is 0.466. The molecule has 0 aromatic rings. The van der Waals surface area contributed by atoms with Crippen molar-refractivity contribution in [3.05, 3.63) is 9.40 Å². The van der Waals surface area contributed by atoms with Gasteiger partial charge in [-0.05, 0) is 29.8 Å². The maximum atomic E-state index is 5.92. The highest BCUT2D eigenvalue weighted by Crippen LogP contribution is 2.26. The van der Waals surface area contributed by atoms with Gasteiger partial charge in [-0.15, -0.1) is 11.8 Å². The van der Waals surface area contributed by atoms with Gasteiger partial charge in [-0.3, -0.25) is 0 Å². The fourth-order valence-corrected chi connectivity index (χ4v) is 2.13. The molecular weight excluding hydrogens is 255 g/mol. The molecule has 0 aromatic heterocycles. The van der Waals surface area contributed by atoms with Crippen molar-refractivity contribution in [1.29, 1.82) is 0 Å². The minimum atomic E-state index is 0.466. The smallest absolute Gasteiger partial charge is 0.112 e. The number of hydrogen-bond donors (Lipinski definition) is 0. The first-order valence-electron chi connectivity index (χ1n) is 4.53. The molecule has 0 aromatic carbocycles. The average Bonchev–Trinajstić information content (AvgIpc) is 2.20. The van der Waals surface area contributed by atoms with Gasteiger partial charge >= 0.3 is 0 Å². The summed E-state index contributed by atoms with van der Waals surface area (Å²) in [6.45, 7) is 4.23. The van der Waals surface area contributed by atoms with E-state index in [0.29, 0.717) is 9.40 Å². The Morgan fingerprint density at radius 1 is 1.14 bits per heavy atom. The maximum absolute atomic E-state index is 5.92. The standard InChI is InChI=1S/C10H14Cl2S2/c1-3-6-13-8-5-9(11)10(12)14-7-4-2/h3-4,6-7H2,1-2H3. The fourth-order valence-electron chi connectivity index (χ4n) is 0.538. The van der Waals surface area contributed by atoms with Gasteiger partial charge in [0.15, 0.2) is 0 Å². The largest absolute Gasteiger partial charge is 0.116 e. The van der Waals surface area contributed by atoms with Gasteiger partial charge in [0.25, 0.3) is 0 Å². The van der Waals surface area contributed by atoms with Crippen LogP contribution in [0.25, 0.3) is 0 Å². The zero-order chi connectivity index (χ0) is 10.8. The Morgan fingerprint density at radius 3 is 2.36 bits per heavy atom. The van der Waals surface area contributed by atoms with Gasteiger partial charge in [-0.25, -0.2) is 0 Å². The highest BCUT2D eigenvalue weighted by Gasteiger charge is 1.98. The molecule has 0 aliphatic rings. The molecule has 0 aliphatic heterocycles. The number of halogens is 2. The van der Waals surface area contributed by atoms with Gasteiger partial charge in [0.05, 0.1) is 0 Å². The molecule has 0 saturated carbocycles. The quantitative estimate of drug-likeness (QED) is 0.515. The predicted molar refractivity (Wildman–Crippen MR) is 72.0 cm³/mol. The normalized spacial score (nSPS) is 11.7. The van der Waals surface area contributed by atoms with E-state index in [0.717, 1.165) is 24.3 Å². The lowest BCUT2D eigenvalue weighted by Crippen LogP contribution is -1.75. The molecule has 0 rings (SSSR count). The molecule has 0 spiro atoms. The molecule has 14 heavy (non-hydrogen) atoms. The average molecular weight is 269 g/mol. The van der Waals surface area contributed by atoms with Gasteiger partial charge in [-0.1, -0.05) is 48.8 Å². The molecule has 80 valence electrons. The summed E-state index contributed by atoms with van der Waals surface area (Å²) in [5, 5.41) is 3.39. The molecule has 0 nitrogen and oxygen atoms in total. The van der Waals surface area contributed by atoms with Gasteiger partial charge in [0.2, 0.25) is 0 Å². The topological polar surface area (TPSA) is 0 Å². The number of rotatable bonds is 5. The first-order valence-corrected chi connectivity index (χ1v) is 7.25. The Bertz CT molecular complexity index is 238. The van der Waals surface area contributed by atoms with E-state index in [1.807, 2.05) is 0 Å². The molecule has 4 heteroatoms. The first-order chi connectivity index (χ1) is 6.72. The van der Waals surface area contributed by atoms with Crippen LogP contribution in [0.4, 0.5) is 0 Å². The van der Waals surface area contributed by atoms with Gasteiger partial charge in [-0.2, -0.15) is 0 Å². The van der Waals surface area contributed by atoms with Crippen molar-refractivity contribution in [1.82, 2.24) is 0 Å². The Labute approximate surface area is 105 Å². The minimum Gasteiger partial charge on any atom is -0.112 e. The van der Waals surface area contributed by atoms with Crippen LogP contribution in [0.5, 0.6) is 0 Å². The van der Waals surface area contributed by atoms with E-state index in [1.165, 1.54) is 0 Å². The third kappa shape index (κ3) is 7.94. The zero-order valence-electron chi connectivity index (χ0n) is 8.40. The highest BCUT2D eigenvalue weighted by molar-refractivity contribution is 8.04. The van der Waals surface area contributed by atoms with Crippen molar-refractivity contribution in [2.24, 2.45) is 0 Å². The van der Waals surface area contributed by atoms with Crippen LogP contribution in [-0.4, -0.2) is 11.5 Å². The first kappa shape index (κ1) is 14.6. The van der Waals surface area contributed by atoms with E-state index >= 15 is 0 Å². The third-order valence-corrected chi connectivity index (χ3v) is 4.08. The zero-order valence-corrected chi connectivity index (χ0v) is 11.5. The number of thioether (sulfide) groups is 2. The van der Waals surface area contributed by atoms with Crippen molar-refractivity contribution in [3.63, 3.8) is 0 Å². The molecule has 0 bridgehead atoms. The summed E-state index contributed by atoms with van der Waals surface area (Å²) in [6.07, 6.45) is 2.21. The molecule has 0 atom stereocenters. The second-order valence-corrected chi connectivity index (χ2v) is 5.50. The Kier molecular flexibility index (Phi) is 10.5. The van der Waals surface area contributed by atoms with Gasteiger partial charge in [0, 0.05) is 5.75 Å². The van der Waals surface area contributed by atoms with Crippen LogP contribution in [0.1, 0.15) is 26.7 Å². The number of hydrogen-bond acceptors (Lipinski definition) is 2. The maximum Gasteiger partial charge on any atom is 0.116 e. The molecule has 0 heterocycles. The van der Waals surface area contributed by atoms with Crippen LogP contribution >= 0.6 is 46.7 Å². The predicted octanol–water partition coefficient (Wildman–Crippen LogP) is 4.88. The van der Waals surface area contributed by atoms with E-state index in [1.54, 1.807) is 23.5 Å². The Morgan fingerprint density at radius 2 is 1.79 bits per heavy atom. The molecule has 0 saturated heterocycles. The lowest BCUT2D eigenvalue weighted by Gasteiger charge is -1.95. The Balaban J connectivity index is 3.98. The van der Waals surface area contributed by atoms with E-state index in [9.17, 15) is 0 Å². The van der Waals surface area contributed by atoms with E-state index in [4.69, 9.17) is 23.2 Å². The van der Waals surface area contributed by atoms with Crippen molar-refractivity contribution in [3.8, 4) is 11.2 Å². The van der Waals surface area contributed by atoms with Gasteiger partial charge in [0.1, 0.15) is 9.40 Å². The van der Waals surface area contributed by atoms with E-state index < -0.39 is 0 Å². The summed E-state index contributed by atoms with van der Waals surface area (Å²) in [5.74, 6) is 4.85. The van der Waals surface area contributed by atoms with Crippen LogP contribution in [0, 0.1) is 11.2 Å². The van der Waals surface area contributed by atoms with Crippen molar-refractivity contribution >= 4 is 46.7 Å². The molecule has 0 radical (unpaired) electrons. The SMILES string of the molecule is CCCSC#CC(Cl)=C(Cl)SCCC. The third-order valence-electron chi connectivity index (χ3n) is 1.14. The van der Waals surface area contributed by atoms with Crippen LogP contribution in [0.15, 0.2) is 9.40 Å². The van der Waals surface area contributed by atoms with Crippen LogP contribution in [-0.2, 0) is 0 Å². The summed E-state index contributed by atoms with van der Waals surface area (Å²) in [5.41, 5.74) is 0. The Hall–Kier alpha value is 0.580. The summed E-state index contributed by atoms with van der Waals surface area (Å²) in [4.78, 5) is 0. The fraction of sp³-hybridized carbons (Fsp3) is 0.600. The molecule has 0 unspecified atom stereocenters. The van der Waals surface area contributed by atoms with E-state index in [2.05, 4.69) is 25.0 Å². The highest BCUT2D eigenvalue weighted by atomic mass is 35.5. The number of allylic oxidation sites excluding steroid dienone is 1. The lowest BCUT2D eigenvalue weighted by atomic mass is 10.6. The van der Waals surface area contributed by atoms with Crippen molar-refractivity contribution in [2.75, 3.05) is 11.5 Å². The monoisotopic (exact) mass is 268 g/mol. The molecule has 0 fully saturated rings. The molecule has 0 N–H and O–H groups in total. The summed E-state index contributed by atoms with van der Waals surface area (Å²) in [7, 11) is 0. The van der Waals surface area contributed by atoms with Crippen LogP contribution in [0.3, 0.4) is 0 Å². The van der Waals surface area contributed by atoms with Crippen molar-refractivity contribution in [2.45, 2.75) is 26.7 Å². The lowest BCUT2D eigenvalue weighted by molar-refractivity contribution is 1.11. The summed E-state index contributed by atoms with van der Waals surface area (Å²) in [6, 6.07) is 0. The second-order valence-electron chi connectivity index (χ2n) is 2.51. The van der Waals surface area contributed by atoms with E-state index in [-0.39, 0.29) is 0 Å². The second kappa shape index (κ2) is 10.1. The van der Waals surface area contributed by atoms with Crippen LogP contribution < -0.4 is 0 Å². The summed E-state index contributed by atoms with van der Waals surface area (Å²) >= 11 is 14.9. The summed E-state index contributed by atoms with van der Waals surface area (Å²) < 4.78 is 0.609. The van der Waals surface area contributed by atoms with Crippen molar-refractivity contribution < 1.29 is 0 Å². The van der Waals surface area contributed by atoms with Crippen LogP contribution in [0.2, 0.25) is 0 Å². The molecule has 0 amide bonds. The molecule has 0 aliphatic carbocycles. The molecular formula is C10H14Cl2S2. The van der Waals surface area contributed by atoms with Gasteiger partial charge < -0.3 is 0 Å².